The number of amides is 1. The van der Waals surface area contributed by atoms with Crippen molar-refractivity contribution in [2.45, 2.75) is 12.8 Å². The lowest BCUT2D eigenvalue weighted by atomic mass is 9.98. The minimum absolute atomic E-state index is 0.180. The first kappa shape index (κ1) is 13.3. The minimum atomic E-state index is -0.842. The number of ether oxygens (including phenoxy) is 1. The Kier molecular flexibility index (Phi) is 3.99. The van der Waals surface area contributed by atoms with E-state index in [2.05, 4.69) is 4.98 Å². The number of carbonyl (C=O) groups is 2. The van der Waals surface area contributed by atoms with Crippen LogP contribution in [0.1, 0.15) is 23.2 Å². The quantitative estimate of drug-likeness (QED) is 0.882. The molecule has 0 radical (unpaired) electrons. The van der Waals surface area contributed by atoms with Gasteiger partial charge in [-0.1, -0.05) is 0 Å². The van der Waals surface area contributed by atoms with Crippen LogP contribution in [0.2, 0.25) is 0 Å². The fourth-order valence-corrected chi connectivity index (χ4v) is 2.17. The summed E-state index contributed by atoms with van der Waals surface area (Å²) in [4.78, 5) is 28.8. The second kappa shape index (κ2) is 5.69. The Morgan fingerprint density at radius 2 is 2.26 bits per heavy atom. The highest BCUT2D eigenvalue weighted by molar-refractivity contribution is 5.94. The van der Waals surface area contributed by atoms with E-state index in [0.717, 1.165) is 0 Å². The van der Waals surface area contributed by atoms with Crippen molar-refractivity contribution in [2.75, 3.05) is 20.2 Å². The van der Waals surface area contributed by atoms with E-state index in [1.54, 1.807) is 17.0 Å². The number of carbonyl (C=O) groups excluding carboxylic acids is 1. The van der Waals surface area contributed by atoms with Gasteiger partial charge in [0, 0.05) is 25.4 Å². The molecule has 0 aliphatic carbocycles. The molecule has 1 aliphatic rings. The van der Waals surface area contributed by atoms with Crippen molar-refractivity contribution >= 4 is 11.9 Å². The molecule has 1 aromatic rings. The first-order valence-electron chi connectivity index (χ1n) is 6.14. The number of methoxy groups -OCH3 is 1. The molecule has 6 heteroatoms. The number of pyridine rings is 1. The number of nitrogens with zero attached hydrogens (tertiary/aromatic N) is 2. The summed E-state index contributed by atoms with van der Waals surface area (Å²) in [6.45, 7) is 0.856. The molecule has 102 valence electrons. The van der Waals surface area contributed by atoms with Gasteiger partial charge in [-0.3, -0.25) is 9.59 Å². The van der Waals surface area contributed by atoms with Crippen LogP contribution >= 0.6 is 0 Å². The third-order valence-electron chi connectivity index (χ3n) is 3.25. The van der Waals surface area contributed by atoms with Crippen molar-refractivity contribution in [3.05, 3.63) is 23.9 Å². The standard InChI is InChI=1S/C13H16N2O4/c1-19-11-5-4-9(7-14-11)12(16)15-6-2-3-10(8-15)13(17)18/h4-5,7,10H,2-3,6,8H2,1H3,(H,17,18)/t10-/m0/s1. The second-order valence-corrected chi connectivity index (χ2v) is 4.52. The Morgan fingerprint density at radius 1 is 1.47 bits per heavy atom. The number of hydrogen-bond acceptors (Lipinski definition) is 4. The summed E-state index contributed by atoms with van der Waals surface area (Å²) in [5, 5.41) is 9.01. The molecule has 0 unspecified atom stereocenters. The predicted molar refractivity (Wildman–Crippen MR) is 67.1 cm³/mol. The lowest BCUT2D eigenvalue weighted by molar-refractivity contribution is -0.143. The number of carboxylic acid groups (broad SMARTS) is 1. The van der Waals surface area contributed by atoms with Gasteiger partial charge in [-0.15, -0.1) is 0 Å². The molecule has 1 N–H and O–H groups in total. The van der Waals surface area contributed by atoms with Crippen molar-refractivity contribution in [1.29, 1.82) is 0 Å². The molecule has 1 fully saturated rings. The summed E-state index contributed by atoms with van der Waals surface area (Å²) >= 11 is 0. The van der Waals surface area contributed by atoms with E-state index in [0.29, 0.717) is 30.8 Å². The number of likely N-dealkylation sites (tertiary alicyclic amines) is 1. The van der Waals surface area contributed by atoms with E-state index in [-0.39, 0.29) is 12.5 Å². The predicted octanol–water partition coefficient (Wildman–Crippen LogP) is 1.03. The molecule has 0 aromatic carbocycles. The molecule has 0 spiro atoms. The van der Waals surface area contributed by atoms with Crippen molar-refractivity contribution in [3.8, 4) is 5.88 Å². The zero-order chi connectivity index (χ0) is 13.8. The average molecular weight is 264 g/mol. The molecule has 1 saturated heterocycles. The van der Waals surface area contributed by atoms with Gasteiger partial charge in [0.25, 0.3) is 5.91 Å². The van der Waals surface area contributed by atoms with Gasteiger partial charge in [0.05, 0.1) is 18.6 Å². The maximum absolute atomic E-state index is 12.2. The van der Waals surface area contributed by atoms with Gasteiger partial charge in [0.2, 0.25) is 5.88 Å². The van der Waals surface area contributed by atoms with E-state index < -0.39 is 11.9 Å². The molecular weight excluding hydrogens is 248 g/mol. The maximum atomic E-state index is 12.2. The zero-order valence-electron chi connectivity index (χ0n) is 10.7. The van der Waals surface area contributed by atoms with Crippen LogP contribution in [0.5, 0.6) is 5.88 Å². The van der Waals surface area contributed by atoms with Crippen molar-refractivity contribution in [3.63, 3.8) is 0 Å². The highest BCUT2D eigenvalue weighted by Gasteiger charge is 2.28. The normalized spacial score (nSPS) is 19.0. The molecule has 0 saturated carbocycles. The lowest BCUT2D eigenvalue weighted by Gasteiger charge is -2.30. The van der Waals surface area contributed by atoms with Gasteiger partial charge in [0.1, 0.15) is 0 Å². The maximum Gasteiger partial charge on any atom is 0.308 e. The van der Waals surface area contributed by atoms with E-state index >= 15 is 0 Å². The molecule has 1 aromatic heterocycles. The number of rotatable bonds is 3. The van der Waals surface area contributed by atoms with E-state index in [9.17, 15) is 9.59 Å². The Morgan fingerprint density at radius 3 is 2.84 bits per heavy atom. The van der Waals surface area contributed by atoms with Crippen LogP contribution in [-0.4, -0.2) is 47.1 Å². The van der Waals surface area contributed by atoms with Crippen LogP contribution in [0.3, 0.4) is 0 Å². The van der Waals surface area contributed by atoms with Crippen LogP contribution in [0.4, 0.5) is 0 Å². The average Bonchev–Trinajstić information content (AvgIpc) is 2.46. The number of carboxylic acids is 1. The minimum Gasteiger partial charge on any atom is -0.481 e. The smallest absolute Gasteiger partial charge is 0.308 e. The molecule has 1 aliphatic heterocycles. The van der Waals surface area contributed by atoms with Gasteiger partial charge in [0.15, 0.2) is 0 Å². The molecule has 2 rings (SSSR count). The van der Waals surface area contributed by atoms with Crippen LogP contribution in [0.15, 0.2) is 18.3 Å². The second-order valence-electron chi connectivity index (χ2n) is 4.52. The molecule has 6 nitrogen and oxygen atoms in total. The fraction of sp³-hybridized carbons (Fsp3) is 0.462. The zero-order valence-corrected chi connectivity index (χ0v) is 10.7. The Bertz CT molecular complexity index is 472. The molecular formula is C13H16N2O4. The van der Waals surface area contributed by atoms with Crippen LogP contribution in [0.25, 0.3) is 0 Å². The summed E-state index contributed by atoms with van der Waals surface area (Å²) in [6.07, 6.45) is 2.79. The van der Waals surface area contributed by atoms with Gasteiger partial charge in [-0.05, 0) is 18.9 Å². The number of aromatic nitrogens is 1. The third-order valence-corrected chi connectivity index (χ3v) is 3.25. The van der Waals surface area contributed by atoms with Gasteiger partial charge < -0.3 is 14.7 Å². The van der Waals surface area contributed by atoms with Gasteiger partial charge >= 0.3 is 5.97 Å². The van der Waals surface area contributed by atoms with Crippen molar-refractivity contribution in [2.24, 2.45) is 5.92 Å². The largest absolute Gasteiger partial charge is 0.481 e. The van der Waals surface area contributed by atoms with Crippen molar-refractivity contribution in [1.82, 2.24) is 9.88 Å². The van der Waals surface area contributed by atoms with Gasteiger partial charge in [-0.25, -0.2) is 4.98 Å². The third kappa shape index (κ3) is 3.01. The van der Waals surface area contributed by atoms with E-state index in [1.807, 2.05) is 0 Å². The van der Waals surface area contributed by atoms with Crippen LogP contribution in [0, 0.1) is 5.92 Å². The topological polar surface area (TPSA) is 79.7 Å². The van der Waals surface area contributed by atoms with Crippen molar-refractivity contribution < 1.29 is 19.4 Å². The number of aliphatic carboxylic acids is 1. The number of piperidine rings is 1. The van der Waals surface area contributed by atoms with Crippen LogP contribution in [-0.2, 0) is 4.79 Å². The molecule has 1 atom stereocenters. The Hall–Kier alpha value is -2.11. The Labute approximate surface area is 111 Å². The Balaban J connectivity index is 2.07. The molecule has 19 heavy (non-hydrogen) atoms. The highest BCUT2D eigenvalue weighted by atomic mass is 16.5. The fourth-order valence-electron chi connectivity index (χ4n) is 2.17. The summed E-state index contributed by atoms with van der Waals surface area (Å²) in [5.74, 6) is -1.05. The summed E-state index contributed by atoms with van der Waals surface area (Å²) in [6, 6.07) is 3.25. The van der Waals surface area contributed by atoms with Crippen LogP contribution < -0.4 is 4.74 Å². The van der Waals surface area contributed by atoms with E-state index in [4.69, 9.17) is 9.84 Å². The molecule has 0 bridgehead atoms. The number of hydrogen-bond donors (Lipinski definition) is 1. The highest BCUT2D eigenvalue weighted by Crippen LogP contribution is 2.19. The summed E-state index contributed by atoms with van der Waals surface area (Å²) in [5.41, 5.74) is 0.451. The lowest BCUT2D eigenvalue weighted by Crippen LogP contribution is -2.42. The molecule has 2 heterocycles. The summed E-state index contributed by atoms with van der Waals surface area (Å²) < 4.78 is 4.93. The SMILES string of the molecule is COc1ccc(C(=O)N2CCC[C@H](C(=O)O)C2)cn1. The molecule has 1 amide bonds. The monoisotopic (exact) mass is 264 g/mol. The first-order valence-corrected chi connectivity index (χ1v) is 6.14. The van der Waals surface area contributed by atoms with E-state index in [1.165, 1.54) is 13.3 Å². The first-order chi connectivity index (χ1) is 9.11. The van der Waals surface area contributed by atoms with Gasteiger partial charge in [-0.2, -0.15) is 0 Å². The summed E-state index contributed by atoms with van der Waals surface area (Å²) in [7, 11) is 1.51.